The number of hydrogen-bond donors (Lipinski definition) is 0. The van der Waals surface area contributed by atoms with E-state index in [9.17, 15) is 14.0 Å². The average molecular weight is 458 g/mol. The van der Waals surface area contributed by atoms with E-state index in [2.05, 4.69) is 31.2 Å². The Bertz CT molecular complexity index is 1150. The summed E-state index contributed by atoms with van der Waals surface area (Å²) in [4.78, 5) is 26.9. The maximum absolute atomic E-state index is 13.6. The van der Waals surface area contributed by atoms with Crippen LogP contribution in [0.1, 0.15) is 51.4 Å². The van der Waals surface area contributed by atoms with Crippen molar-refractivity contribution in [2.45, 2.75) is 32.1 Å². The number of rotatable bonds is 4. The van der Waals surface area contributed by atoms with Crippen molar-refractivity contribution in [2.75, 3.05) is 19.7 Å². The van der Waals surface area contributed by atoms with E-state index in [1.54, 1.807) is 18.2 Å². The smallest absolute Gasteiger partial charge is 0.253 e. The first-order valence-corrected chi connectivity index (χ1v) is 11.9. The average Bonchev–Trinajstić information content (AvgIpc) is 2.86. The van der Waals surface area contributed by atoms with E-state index in [1.165, 1.54) is 23.3 Å². The highest BCUT2D eigenvalue weighted by Gasteiger charge is 2.31. The van der Waals surface area contributed by atoms with Crippen molar-refractivity contribution in [1.82, 2.24) is 4.90 Å². The van der Waals surface area contributed by atoms with Gasteiger partial charge in [-0.05, 0) is 67.1 Å². The molecule has 0 saturated carbocycles. The molecule has 1 fully saturated rings. The van der Waals surface area contributed by atoms with Gasteiger partial charge in [-0.2, -0.15) is 0 Å². The SMILES string of the molecule is Cc1ccc([C@H](c2ccc(F)cc2)C2CCN(C(=O)c3ccc4c(c3)CC(=O)CO4)CC2)cc1. The van der Waals surface area contributed by atoms with Gasteiger partial charge in [0.15, 0.2) is 5.78 Å². The minimum absolute atomic E-state index is 0.00654. The van der Waals surface area contributed by atoms with Crippen LogP contribution in [0.25, 0.3) is 0 Å². The Morgan fingerprint density at radius 3 is 2.29 bits per heavy atom. The number of piperidine rings is 1. The summed E-state index contributed by atoms with van der Waals surface area (Å²) in [6.45, 7) is 3.51. The van der Waals surface area contributed by atoms with Crippen LogP contribution in [-0.4, -0.2) is 36.3 Å². The molecule has 1 amide bonds. The Morgan fingerprint density at radius 1 is 0.971 bits per heavy atom. The van der Waals surface area contributed by atoms with E-state index in [1.807, 2.05) is 17.0 Å². The summed E-state index contributed by atoms with van der Waals surface area (Å²) in [6, 6.07) is 20.8. The lowest BCUT2D eigenvalue weighted by atomic mass is 9.76. The summed E-state index contributed by atoms with van der Waals surface area (Å²) in [6.07, 6.45) is 2.05. The van der Waals surface area contributed by atoms with Gasteiger partial charge in [0.1, 0.15) is 18.2 Å². The molecule has 0 radical (unpaired) electrons. The predicted octanol–water partition coefficient (Wildman–Crippen LogP) is 5.32. The predicted molar refractivity (Wildman–Crippen MR) is 129 cm³/mol. The number of halogens is 1. The molecule has 0 N–H and O–H groups in total. The molecule has 0 aliphatic carbocycles. The molecule has 2 aliphatic heterocycles. The van der Waals surface area contributed by atoms with Crippen LogP contribution in [0.3, 0.4) is 0 Å². The molecule has 0 unspecified atom stereocenters. The van der Waals surface area contributed by atoms with Crippen molar-refractivity contribution >= 4 is 11.7 Å². The Kier molecular flexibility index (Phi) is 6.18. The summed E-state index contributed by atoms with van der Waals surface area (Å²) in [7, 11) is 0. The molecule has 174 valence electrons. The summed E-state index contributed by atoms with van der Waals surface area (Å²) < 4.78 is 19.1. The maximum atomic E-state index is 13.6. The largest absolute Gasteiger partial charge is 0.486 e. The number of aryl methyl sites for hydroxylation is 1. The van der Waals surface area contributed by atoms with Gasteiger partial charge in [-0.15, -0.1) is 0 Å². The number of benzene rings is 3. The Balaban J connectivity index is 1.33. The summed E-state index contributed by atoms with van der Waals surface area (Å²) in [5.41, 5.74) is 4.92. The second kappa shape index (κ2) is 9.41. The lowest BCUT2D eigenvalue weighted by Crippen LogP contribution is -2.40. The molecule has 5 heteroatoms. The number of likely N-dealkylation sites (tertiary alicyclic amines) is 1. The maximum Gasteiger partial charge on any atom is 0.253 e. The number of fused-ring (bicyclic) bond motifs is 1. The number of Topliss-reactive ketones (excluding diaryl/α,β-unsaturated/α-hetero) is 1. The quantitative estimate of drug-likeness (QED) is 0.533. The Labute approximate surface area is 199 Å². The van der Waals surface area contributed by atoms with Crippen molar-refractivity contribution in [2.24, 2.45) is 5.92 Å². The fourth-order valence-electron chi connectivity index (χ4n) is 5.21. The van der Waals surface area contributed by atoms with Gasteiger partial charge < -0.3 is 9.64 Å². The van der Waals surface area contributed by atoms with Crippen LogP contribution >= 0.6 is 0 Å². The first-order valence-electron chi connectivity index (χ1n) is 11.9. The van der Waals surface area contributed by atoms with Crippen LogP contribution < -0.4 is 4.74 Å². The third kappa shape index (κ3) is 4.60. The lowest BCUT2D eigenvalue weighted by molar-refractivity contribution is -0.121. The molecule has 34 heavy (non-hydrogen) atoms. The van der Waals surface area contributed by atoms with Crippen molar-refractivity contribution in [3.05, 3.63) is 100 Å². The van der Waals surface area contributed by atoms with Gasteiger partial charge in [0.05, 0.1) is 0 Å². The number of ketones is 1. The molecule has 0 bridgehead atoms. The molecule has 1 atom stereocenters. The van der Waals surface area contributed by atoms with Crippen LogP contribution in [0.2, 0.25) is 0 Å². The molecule has 2 heterocycles. The van der Waals surface area contributed by atoms with E-state index >= 15 is 0 Å². The molecule has 3 aromatic carbocycles. The first kappa shape index (κ1) is 22.3. The zero-order chi connectivity index (χ0) is 23.7. The third-order valence-electron chi connectivity index (χ3n) is 7.05. The van der Waals surface area contributed by atoms with Gasteiger partial charge in [0.25, 0.3) is 5.91 Å². The topological polar surface area (TPSA) is 46.6 Å². The van der Waals surface area contributed by atoms with E-state index < -0.39 is 0 Å². The van der Waals surface area contributed by atoms with Gasteiger partial charge >= 0.3 is 0 Å². The number of carbonyl (C=O) groups is 2. The highest BCUT2D eigenvalue weighted by Crippen LogP contribution is 2.38. The Morgan fingerprint density at radius 2 is 1.62 bits per heavy atom. The first-order chi connectivity index (χ1) is 16.5. The normalized spacial score (nSPS) is 17.1. The summed E-state index contributed by atoms with van der Waals surface area (Å²) >= 11 is 0. The van der Waals surface area contributed by atoms with Gasteiger partial charge in [-0.1, -0.05) is 42.0 Å². The van der Waals surface area contributed by atoms with Gasteiger partial charge in [0.2, 0.25) is 0 Å². The molecule has 4 nitrogen and oxygen atoms in total. The van der Waals surface area contributed by atoms with Gasteiger partial charge in [-0.3, -0.25) is 9.59 Å². The van der Waals surface area contributed by atoms with E-state index in [4.69, 9.17) is 4.74 Å². The number of carbonyl (C=O) groups excluding carboxylic acids is 2. The van der Waals surface area contributed by atoms with Crippen LogP contribution in [0.4, 0.5) is 4.39 Å². The molecule has 0 spiro atoms. The second-order valence-corrected chi connectivity index (χ2v) is 9.40. The number of amides is 1. The fourth-order valence-corrected chi connectivity index (χ4v) is 5.21. The molecule has 2 aliphatic rings. The molecular formula is C29H28FNO3. The zero-order valence-corrected chi connectivity index (χ0v) is 19.3. The van der Waals surface area contributed by atoms with E-state index in [0.29, 0.717) is 36.7 Å². The van der Waals surface area contributed by atoms with Crippen molar-refractivity contribution in [3.8, 4) is 5.75 Å². The zero-order valence-electron chi connectivity index (χ0n) is 19.3. The van der Waals surface area contributed by atoms with Crippen molar-refractivity contribution in [3.63, 3.8) is 0 Å². The summed E-state index contributed by atoms with van der Waals surface area (Å²) in [5.74, 6) is 0.991. The number of ether oxygens (including phenoxy) is 1. The van der Waals surface area contributed by atoms with Crippen LogP contribution in [-0.2, 0) is 11.2 Å². The van der Waals surface area contributed by atoms with Crippen molar-refractivity contribution < 1.29 is 18.7 Å². The van der Waals surface area contributed by atoms with E-state index in [-0.39, 0.29) is 30.0 Å². The monoisotopic (exact) mass is 457 g/mol. The van der Waals surface area contributed by atoms with Crippen LogP contribution in [0, 0.1) is 18.7 Å². The Hall–Kier alpha value is -3.47. The fraction of sp³-hybridized carbons (Fsp3) is 0.310. The third-order valence-corrected chi connectivity index (χ3v) is 7.05. The van der Waals surface area contributed by atoms with E-state index in [0.717, 1.165) is 24.0 Å². The molecule has 3 aromatic rings. The van der Waals surface area contributed by atoms with Crippen LogP contribution in [0.5, 0.6) is 5.75 Å². The van der Waals surface area contributed by atoms with Gasteiger partial charge in [0, 0.05) is 36.6 Å². The molecule has 5 rings (SSSR count). The lowest BCUT2D eigenvalue weighted by Gasteiger charge is -2.37. The van der Waals surface area contributed by atoms with Crippen molar-refractivity contribution in [1.29, 1.82) is 0 Å². The minimum atomic E-state index is -0.232. The van der Waals surface area contributed by atoms with Gasteiger partial charge in [-0.25, -0.2) is 4.39 Å². The van der Waals surface area contributed by atoms with Crippen LogP contribution in [0.15, 0.2) is 66.7 Å². The summed E-state index contributed by atoms with van der Waals surface area (Å²) in [5, 5.41) is 0. The standard InChI is InChI=1S/C29H28FNO3/c1-19-2-4-20(5-3-19)28(21-6-9-25(30)10-7-21)22-12-14-31(15-13-22)29(33)23-8-11-27-24(16-23)17-26(32)18-34-27/h2-11,16,22,28H,12-15,17-18H2,1H3/t28-/m1/s1. The molecular weight excluding hydrogens is 429 g/mol. The highest BCUT2D eigenvalue weighted by molar-refractivity contribution is 5.95. The minimum Gasteiger partial charge on any atom is -0.486 e. The number of nitrogens with zero attached hydrogens (tertiary/aromatic N) is 1. The molecule has 1 saturated heterocycles. The highest BCUT2D eigenvalue weighted by atomic mass is 19.1. The second-order valence-electron chi connectivity index (χ2n) is 9.40. The number of hydrogen-bond acceptors (Lipinski definition) is 3. The molecule has 0 aromatic heterocycles.